The van der Waals surface area contributed by atoms with Crippen LogP contribution in [0.4, 0.5) is 0 Å². The minimum atomic E-state index is -0.333. The Balaban J connectivity index is 1.66. The van der Waals surface area contributed by atoms with Gasteiger partial charge in [-0.1, -0.05) is 86.0 Å². The molecule has 32 heavy (non-hydrogen) atoms. The summed E-state index contributed by atoms with van der Waals surface area (Å²) in [6, 6.07) is 23.3. The van der Waals surface area contributed by atoms with E-state index < -0.39 is 0 Å². The van der Waals surface area contributed by atoms with E-state index in [0.29, 0.717) is 17.2 Å². The second-order valence-electron chi connectivity index (χ2n) is 8.64. The third kappa shape index (κ3) is 3.64. The van der Waals surface area contributed by atoms with Gasteiger partial charge in [0.2, 0.25) is 0 Å². The molecular weight excluding hydrogens is 396 g/mol. The number of phenols is 1. The number of fused-ring (bicyclic) bond motifs is 2. The van der Waals surface area contributed by atoms with Crippen molar-refractivity contribution >= 4 is 27.5 Å². The number of rotatable bonds is 6. The molecule has 0 bridgehead atoms. The SMILES string of the molecule is C=C[C@@H](CC1CCC1)C(=O)Oc1ccc2ccccc2c1-c1c(O)ccc2ccccc12. The van der Waals surface area contributed by atoms with E-state index >= 15 is 0 Å². The molecule has 1 aliphatic carbocycles. The molecular formula is C29H26O3. The van der Waals surface area contributed by atoms with Crippen LogP contribution in [-0.4, -0.2) is 11.1 Å². The van der Waals surface area contributed by atoms with Gasteiger partial charge < -0.3 is 9.84 Å². The van der Waals surface area contributed by atoms with Crippen LogP contribution in [0.3, 0.4) is 0 Å². The van der Waals surface area contributed by atoms with Crippen molar-refractivity contribution in [3.63, 3.8) is 0 Å². The molecule has 3 nitrogen and oxygen atoms in total. The molecule has 160 valence electrons. The number of benzene rings is 4. The van der Waals surface area contributed by atoms with Crippen LogP contribution in [0.5, 0.6) is 11.5 Å². The van der Waals surface area contributed by atoms with Crippen molar-refractivity contribution in [1.29, 1.82) is 0 Å². The minimum Gasteiger partial charge on any atom is -0.507 e. The first-order valence-corrected chi connectivity index (χ1v) is 11.2. The molecule has 4 aromatic carbocycles. The summed E-state index contributed by atoms with van der Waals surface area (Å²) >= 11 is 0. The van der Waals surface area contributed by atoms with Gasteiger partial charge in [-0.2, -0.15) is 0 Å². The molecule has 0 aromatic heterocycles. The third-order valence-corrected chi connectivity index (χ3v) is 6.66. The van der Waals surface area contributed by atoms with E-state index in [9.17, 15) is 9.90 Å². The summed E-state index contributed by atoms with van der Waals surface area (Å²) in [5, 5.41) is 14.8. The summed E-state index contributed by atoms with van der Waals surface area (Å²) in [4.78, 5) is 13.1. The molecule has 0 unspecified atom stereocenters. The van der Waals surface area contributed by atoms with Gasteiger partial charge in [0.1, 0.15) is 11.5 Å². The smallest absolute Gasteiger partial charge is 0.318 e. The highest BCUT2D eigenvalue weighted by Crippen LogP contribution is 2.45. The predicted octanol–water partition coefficient (Wildman–Crippen LogP) is 7.26. The third-order valence-electron chi connectivity index (χ3n) is 6.66. The Morgan fingerprint density at radius 3 is 2.19 bits per heavy atom. The quantitative estimate of drug-likeness (QED) is 0.202. The molecule has 0 spiro atoms. The van der Waals surface area contributed by atoms with E-state index in [4.69, 9.17) is 4.74 Å². The second kappa shape index (κ2) is 8.51. The number of phenolic OH excluding ortho intramolecular Hbond substituents is 1. The van der Waals surface area contributed by atoms with Crippen molar-refractivity contribution in [3.05, 3.63) is 85.5 Å². The van der Waals surface area contributed by atoms with Crippen molar-refractivity contribution in [2.24, 2.45) is 11.8 Å². The normalized spacial score (nSPS) is 14.8. The Bertz CT molecular complexity index is 1320. The summed E-state index contributed by atoms with van der Waals surface area (Å²) < 4.78 is 6.01. The fourth-order valence-corrected chi connectivity index (χ4v) is 4.68. The summed E-state index contributed by atoms with van der Waals surface area (Å²) in [7, 11) is 0. The van der Waals surface area contributed by atoms with Gasteiger partial charge in [-0.3, -0.25) is 4.79 Å². The lowest BCUT2D eigenvalue weighted by molar-refractivity contribution is -0.138. The van der Waals surface area contributed by atoms with E-state index in [1.54, 1.807) is 12.1 Å². The second-order valence-corrected chi connectivity index (χ2v) is 8.64. The zero-order valence-electron chi connectivity index (χ0n) is 18.0. The van der Waals surface area contributed by atoms with Crippen LogP contribution in [0.1, 0.15) is 25.7 Å². The lowest BCUT2D eigenvalue weighted by atomic mass is 9.79. The highest BCUT2D eigenvalue weighted by Gasteiger charge is 2.27. The van der Waals surface area contributed by atoms with Crippen LogP contribution in [0.15, 0.2) is 85.5 Å². The lowest BCUT2D eigenvalue weighted by Gasteiger charge is -2.27. The van der Waals surface area contributed by atoms with Crippen molar-refractivity contribution < 1.29 is 14.6 Å². The molecule has 0 heterocycles. The number of aromatic hydroxyl groups is 1. The zero-order valence-corrected chi connectivity index (χ0v) is 18.0. The number of hydrogen-bond donors (Lipinski definition) is 1. The first-order valence-electron chi connectivity index (χ1n) is 11.2. The van der Waals surface area contributed by atoms with Crippen molar-refractivity contribution in [2.45, 2.75) is 25.7 Å². The van der Waals surface area contributed by atoms with Crippen molar-refractivity contribution in [1.82, 2.24) is 0 Å². The number of carbonyl (C=O) groups excluding carboxylic acids is 1. The molecule has 1 N–H and O–H groups in total. The molecule has 5 rings (SSSR count). The van der Waals surface area contributed by atoms with Gasteiger partial charge >= 0.3 is 5.97 Å². The maximum Gasteiger partial charge on any atom is 0.318 e. The van der Waals surface area contributed by atoms with Crippen LogP contribution < -0.4 is 4.74 Å². The molecule has 0 amide bonds. The maximum absolute atomic E-state index is 13.1. The van der Waals surface area contributed by atoms with Gasteiger partial charge in [-0.15, -0.1) is 6.58 Å². The molecule has 3 heteroatoms. The van der Waals surface area contributed by atoms with Crippen LogP contribution in [0.25, 0.3) is 32.7 Å². The highest BCUT2D eigenvalue weighted by molar-refractivity contribution is 6.10. The van der Waals surface area contributed by atoms with Crippen molar-refractivity contribution in [2.75, 3.05) is 0 Å². The zero-order chi connectivity index (χ0) is 22.1. The first kappa shape index (κ1) is 20.3. The maximum atomic E-state index is 13.1. The van der Waals surface area contributed by atoms with E-state index in [0.717, 1.165) is 33.5 Å². The van der Waals surface area contributed by atoms with E-state index in [1.165, 1.54) is 19.3 Å². The minimum absolute atomic E-state index is 0.159. The Labute approximate surface area is 188 Å². The number of hydrogen-bond acceptors (Lipinski definition) is 3. The van der Waals surface area contributed by atoms with Crippen LogP contribution in [0.2, 0.25) is 0 Å². The van der Waals surface area contributed by atoms with Gasteiger partial charge in [-0.05, 0) is 46.0 Å². The number of carbonyl (C=O) groups is 1. The Hall–Kier alpha value is -3.59. The fraction of sp³-hybridized carbons (Fsp3) is 0.207. The van der Waals surface area contributed by atoms with Gasteiger partial charge in [0.15, 0.2) is 0 Å². The average molecular weight is 423 g/mol. The van der Waals surface area contributed by atoms with E-state index in [1.807, 2.05) is 66.7 Å². The van der Waals surface area contributed by atoms with Gasteiger partial charge in [0, 0.05) is 11.1 Å². The standard InChI is InChI=1S/C29H26O3/c1-2-20(18-19-8-7-9-19)29(31)32-26-17-15-22-11-4-6-13-24(22)28(26)27-23-12-5-3-10-21(23)14-16-25(27)30/h2-6,10-17,19-20,30H,1,7-9,18H2/t20-/m0/s1. The Morgan fingerprint density at radius 1 is 0.938 bits per heavy atom. The largest absolute Gasteiger partial charge is 0.507 e. The van der Waals surface area contributed by atoms with Gasteiger partial charge in [0.05, 0.1) is 5.92 Å². The van der Waals surface area contributed by atoms with E-state index in [2.05, 4.69) is 6.58 Å². The summed E-state index contributed by atoms with van der Waals surface area (Å²) in [6.07, 6.45) is 6.06. The Kier molecular flexibility index (Phi) is 5.40. The number of esters is 1. The molecule has 1 aliphatic rings. The summed E-state index contributed by atoms with van der Waals surface area (Å²) in [5.74, 6) is 0.570. The van der Waals surface area contributed by atoms with E-state index in [-0.39, 0.29) is 17.6 Å². The molecule has 4 aromatic rings. The summed E-state index contributed by atoms with van der Waals surface area (Å²) in [6.45, 7) is 3.88. The molecule has 0 saturated heterocycles. The molecule has 1 saturated carbocycles. The van der Waals surface area contributed by atoms with Crippen LogP contribution in [0, 0.1) is 11.8 Å². The van der Waals surface area contributed by atoms with Crippen molar-refractivity contribution in [3.8, 4) is 22.6 Å². The fourth-order valence-electron chi connectivity index (χ4n) is 4.68. The lowest BCUT2D eigenvalue weighted by Crippen LogP contribution is -2.24. The van der Waals surface area contributed by atoms with Gasteiger partial charge in [0.25, 0.3) is 0 Å². The molecule has 1 fully saturated rings. The highest BCUT2D eigenvalue weighted by atomic mass is 16.5. The molecule has 1 atom stereocenters. The van der Waals surface area contributed by atoms with Crippen LogP contribution >= 0.6 is 0 Å². The average Bonchev–Trinajstić information content (AvgIpc) is 2.79. The number of ether oxygens (including phenoxy) is 1. The van der Waals surface area contributed by atoms with Gasteiger partial charge in [-0.25, -0.2) is 0 Å². The van der Waals surface area contributed by atoms with Crippen LogP contribution in [-0.2, 0) is 4.79 Å². The summed E-state index contributed by atoms with van der Waals surface area (Å²) in [5.41, 5.74) is 1.41. The molecule has 0 radical (unpaired) electrons. The monoisotopic (exact) mass is 422 g/mol. The Morgan fingerprint density at radius 2 is 1.56 bits per heavy atom. The molecule has 0 aliphatic heterocycles. The predicted molar refractivity (Wildman–Crippen MR) is 130 cm³/mol. The first-order chi connectivity index (χ1) is 15.7. The topological polar surface area (TPSA) is 46.5 Å².